The Balaban J connectivity index is 0.000000190. The molecule has 0 unspecified atom stereocenters. The summed E-state index contributed by atoms with van der Waals surface area (Å²) in [4.78, 5) is 62.5. The van der Waals surface area contributed by atoms with E-state index in [2.05, 4.69) is 0 Å². The molecule has 0 aromatic rings. The topological polar surface area (TPSA) is 196 Å². The average Bonchev–Trinajstić information content (AvgIpc) is 3.56. The van der Waals surface area contributed by atoms with Gasteiger partial charge in [0.2, 0.25) is 5.78 Å². The molecule has 62 heavy (non-hydrogen) atoms. The minimum absolute atomic E-state index is 0.0676. The molecule has 0 aromatic carbocycles. The van der Waals surface area contributed by atoms with Crippen LogP contribution in [-0.4, -0.2) is 103 Å². The molecule has 0 saturated heterocycles. The molecule has 5 N–H and O–H groups in total. The van der Waals surface area contributed by atoms with Crippen molar-refractivity contribution in [1.82, 2.24) is 0 Å². The number of hydrogen-bond acceptors (Lipinski definition) is 11. The molecule has 0 aromatic heterocycles. The maximum absolute atomic E-state index is 17.3. The fraction of sp³-hybridized carbons (Fsp3) is 0.735. The number of carbonyl (C=O) groups is 5. The Labute approximate surface area is 363 Å². The number of aliphatic hydroxyl groups is 5. The molecule has 0 spiro atoms. The lowest BCUT2D eigenvalue weighted by atomic mass is 9.44. The van der Waals surface area contributed by atoms with Crippen molar-refractivity contribution in [2.45, 2.75) is 154 Å². The third-order valence-corrected chi connectivity index (χ3v) is 18.5. The number of halogens is 2. The van der Waals surface area contributed by atoms with Crippen LogP contribution in [0.5, 0.6) is 0 Å². The lowest BCUT2D eigenvalue weighted by Crippen LogP contribution is -2.70. The van der Waals surface area contributed by atoms with E-state index in [1.54, 1.807) is 39.8 Å². The largest absolute Gasteiger partial charge is 0.450 e. The molecule has 11 nitrogen and oxygen atoms in total. The number of rotatable bonds is 8. The highest BCUT2D eigenvalue weighted by atomic mass is 19.1. The summed E-state index contributed by atoms with van der Waals surface area (Å²) in [7, 11) is 0. The maximum Gasteiger partial charge on any atom is 0.306 e. The SMILES string of the molecule is CCCCC(=O)O[C@]1(C(=O)CO)[C@@H](C)C[C@H]2[C@@H]3CCC4=CC(=O)C=C[C@]4(C)[C@@]3(F)[C@@H](O)C[C@@]21C.C[C@@H]1C[C@H]2[C@@H]3CCC4=CC(=O)C=C[C@]4(C)[C@@]3(F)[C@@H](O)C[C@]2(C)[C@@]1(O)C(=O)CO. The Hall–Kier alpha value is -3.23. The molecule has 8 aliphatic rings. The number of ketones is 4. The summed E-state index contributed by atoms with van der Waals surface area (Å²) in [5.74, 6) is -4.74. The maximum atomic E-state index is 17.3. The van der Waals surface area contributed by atoms with Crippen LogP contribution in [0, 0.1) is 57.2 Å². The highest BCUT2D eigenvalue weighted by Crippen LogP contribution is 2.73. The van der Waals surface area contributed by atoms with Gasteiger partial charge in [-0.1, -0.05) is 64.3 Å². The molecule has 6 fully saturated rings. The monoisotopic (exact) mass is 868 g/mol. The Morgan fingerprint density at radius 2 is 1.18 bits per heavy atom. The standard InChI is InChI=1S/C27H37FO6.C22H29FO5/c1-5-6-7-23(33)34-27(22(32)15-29)16(2)12-20-19-9-8-17-13-18(30)10-11-24(17,3)26(19,28)21(31)14-25(20,27)4;1-12-8-16-15-5-4-13-9-14(25)6-7-19(13,2)21(15,23)17(26)10-20(16,3)22(12,28)18(27)11-24/h10-11,13,16,19-21,29,31H,5-9,12,14-15H2,1-4H3;6-7,9,12,15-17,24,26,28H,4-5,8,10-11H2,1-3H3/t16-,19-,20-,21-,24-,25-,26-,27-;12-,15+,16+,17+,19+,20+,21+,22+/m01/s1. The molecule has 0 heterocycles. The fourth-order valence-corrected chi connectivity index (χ4v) is 15.3. The van der Waals surface area contributed by atoms with Gasteiger partial charge >= 0.3 is 5.97 Å². The second-order valence-electron chi connectivity index (χ2n) is 21.0. The number of carbonyl (C=O) groups excluding carboxylic acids is 5. The van der Waals surface area contributed by atoms with Crippen LogP contribution >= 0.6 is 0 Å². The Kier molecular flexibility index (Phi) is 11.7. The van der Waals surface area contributed by atoms with E-state index in [0.717, 1.165) is 6.42 Å². The second kappa shape index (κ2) is 15.5. The molecule has 8 rings (SSSR count). The van der Waals surface area contributed by atoms with E-state index in [0.29, 0.717) is 56.1 Å². The van der Waals surface area contributed by atoms with Gasteiger partial charge in [-0.25, -0.2) is 8.78 Å². The summed E-state index contributed by atoms with van der Waals surface area (Å²) in [6.45, 7) is 11.0. The van der Waals surface area contributed by atoms with Crippen LogP contribution in [-0.2, 0) is 28.7 Å². The predicted octanol–water partition coefficient (Wildman–Crippen LogP) is 5.53. The van der Waals surface area contributed by atoms with Gasteiger partial charge in [-0.2, -0.15) is 0 Å². The molecule has 0 bridgehead atoms. The van der Waals surface area contributed by atoms with E-state index < -0.39 is 111 Å². The smallest absolute Gasteiger partial charge is 0.306 e. The van der Waals surface area contributed by atoms with Gasteiger partial charge in [0.25, 0.3) is 0 Å². The van der Waals surface area contributed by atoms with Crippen molar-refractivity contribution in [1.29, 1.82) is 0 Å². The van der Waals surface area contributed by atoms with Crippen LogP contribution in [0.3, 0.4) is 0 Å². The van der Waals surface area contributed by atoms with Crippen molar-refractivity contribution < 1.29 is 63.0 Å². The molecular weight excluding hydrogens is 803 g/mol. The summed E-state index contributed by atoms with van der Waals surface area (Å²) >= 11 is 0. The number of esters is 1. The number of ether oxygens (including phenoxy) is 1. The summed E-state index contributed by atoms with van der Waals surface area (Å²) < 4.78 is 40.1. The van der Waals surface area contributed by atoms with Crippen LogP contribution in [0.25, 0.3) is 0 Å². The lowest BCUT2D eigenvalue weighted by Gasteiger charge is -2.62. The Morgan fingerprint density at radius 1 is 0.726 bits per heavy atom. The zero-order valence-electron chi connectivity index (χ0n) is 37.2. The van der Waals surface area contributed by atoms with Crippen LogP contribution in [0.1, 0.15) is 119 Å². The first-order valence-electron chi connectivity index (χ1n) is 22.7. The van der Waals surface area contributed by atoms with E-state index in [4.69, 9.17) is 4.74 Å². The fourth-order valence-electron chi connectivity index (χ4n) is 15.3. The molecule has 0 radical (unpaired) electrons. The first-order chi connectivity index (χ1) is 28.9. The van der Waals surface area contributed by atoms with Gasteiger partial charge < -0.3 is 30.3 Å². The van der Waals surface area contributed by atoms with Crippen LogP contribution in [0.2, 0.25) is 0 Å². The van der Waals surface area contributed by atoms with Gasteiger partial charge in [-0.3, -0.25) is 24.0 Å². The average molecular weight is 869 g/mol. The van der Waals surface area contributed by atoms with Crippen LogP contribution < -0.4 is 0 Å². The summed E-state index contributed by atoms with van der Waals surface area (Å²) in [5.41, 5.74) is -10.3. The van der Waals surface area contributed by atoms with Crippen LogP contribution in [0.15, 0.2) is 47.6 Å². The zero-order chi connectivity index (χ0) is 45.8. The minimum atomic E-state index is -2.03. The van der Waals surface area contributed by atoms with Crippen LogP contribution in [0.4, 0.5) is 8.78 Å². The van der Waals surface area contributed by atoms with Gasteiger partial charge in [0.15, 0.2) is 34.3 Å². The third-order valence-electron chi connectivity index (χ3n) is 18.5. The quantitative estimate of drug-likeness (QED) is 0.193. The summed E-state index contributed by atoms with van der Waals surface area (Å²) in [5, 5.41) is 53.3. The van der Waals surface area contributed by atoms with E-state index >= 15 is 8.78 Å². The predicted molar refractivity (Wildman–Crippen MR) is 223 cm³/mol. The summed E-state index contributed by atoms with van der Waals surface area (Å²) in [6, 6.07) is 0. The van der Waals surface area contributed by atoms with Gasteiger partial charge in [0.05, 0.1) is 12.2 Å². The van der Waals surface area contributed by atoms with Crippen molar-refractivity contribution in [3.8, 4) is 0 Å². The zero-order valence-corrected chi connectivity index (χ0v) is 37.2. The molecule has 13 heteroatoms. The van der Waals surface area contributed by atoms with E-state index in [-0.39, 0.29) is 42.7 Å². The van der Waals surface area contributed by atoms with Crippen molar-refractivity contribution in [3.63, 3.8) is 0 Å². The molecule has 16 atom stereocenters. The third kappa shape index (κ3) is 5.85. The Bertz CT molecular complexity index is 2040. The highest BCUT2D eigenvalue weighted by molar-refractivity contribution is 6.02. The molecule has 0 aliphatic heterocycles. The van der Waals surface area contributed by atoms with E-state index in [1.807, 2.05) is 20.8 Å². The van der Waals surface area contributed by atoms with Gasteiger partial charge in [-0.15, -0.1) is 0 Å². The minimum Gasteiger partial charge on any atom is -0.450 e. The van der Waals surface area contributed by atoms with Gasteiger partial charge in [0.1, 0.15) is 18.8 Å². The lowest BCUT2D eigenvalue weighted by molar-refractivity contribution is -0.228. The normalized spacial score (nSPS) is 48.5. The number of hydrogen-bond donors (Lipinski definition) is 5. The molecular formula is C49H66F2O11. The first kappa shape index (κ1) is 46.8. The number of allylic oxidation sites excluding steroid dienone is 8. The number of Topliss-reactive ketones (excluding diaryl/α,β-unsaturated/α-hetero) is 2. The van der Waals surface area contributed by atoms with Crippen molar-refractivity contribution in [2.75, 3.05) is 13.2 Å². The molecule has 342 valence electrons. The van der Waals surface area contributed by atoms with Crippen molar-refractivity contribution >= 4 is 29.1 Å². The molecule has 0 amide bonds. The summed E-state index contributed by atoms with van der Waals surface area (Å²) in [6.07, 6.45) is 10.4. The van der Waals surface area contributed by atoms with Crippen molar-refractivity contribution in [3.05, 3.63) is 47.6 Å². The van der Waals surface area contributed by atoms with Crippen molar-refractivity contribution in [2.24, 2.45) is 57.2 Å². The van der Waals surface area contributed by atoms with Gasteiger partial charge in [0, 0.05) is 45.8 Å². The molecule has 6 saturated carbocycles. The first-order valence-corrected chi connectivity index (χ1v) is 22.7. The molecule has 8 aliphatic carbocycles. The van der Waals surface area contributed by atoms with Gasteiger partial charge in [-0.05, 0) is 114 Å². The van der Waals surface area contributed by atoms with E-state index in [1.165, 1.54) is 24.3 Å². The number of alkyl halides is 2. The number of aliphatic hydroxyl groups excluding tert-OH is 4. The second-order valence-corrected chi connectivity index (χ2v) is 21.0. The number of unbranched alkanes of at least 4 members (excludes halogenated alkanes) is 1. The number of fused-ring (bicyclic) bond motifs is 10. The van der Waals surface area contributed by atoms with E-state index in [9.17, 15) is 49.5 Å². The highest BCUT2D eigenvalue weighted by Gasteiger charge is 2.78. The Morgan fingerprint density at radius 3 is 1.65 bits per heavy atom.